The van der Waals surface area contributed by atoms with Gasteiger partial charge in [0, 0.05) is 5.56 Å². The lowest BCUT2D eigenvalue weighted by molar-refractivity contribution is -0.138. The SMILES string of the molecule is N[C@@H](Cc1cccc(S(=O)(=O)N2CC(Oc3ccc(F)cc3)(c3ccc(F)c(F)c3)C2)c1)C(=O)O. The molecule has 1 heterocycles. The van der Waals surface area contributed by atoms with E-state index in [9.17, 15) is 26.4 Å². The highest BCUT2D eigenvalue weighted by Gasteiger charge is 2.52. The predicted molar refractivity (Wildman–Crippen MR) is 120 cm³/mol. The summed E-state index contributed by atoms with van der Waals surface area (Å²) >= 11 is 0. The highest BCUT2D eigenvalue weighted by molar-refractivity contribution is 7.89. The van der Waals surface area contributed by atoms with E-state index in [1.54, 1.807) is 6.07 Å². The molecule has 3 aromatic rings. The molecule has 1 aliphatic rings. The van der Waals surface area contributed by atoms with Crippen LogP contribution in [0.25, 0.3) is 0 Å². The second-order valence-electron chi connectivity index (χ2n) is 8.25. The maximum absolute atomic E-state index is 14.0. The van der Waals surface area contributed by atoms with Crippen molar-refractivity contribution < 1.29 is 36.2 Å². The largest absolute Gasteiger partial charge is 0.480 e. The van der Waals surface area contributed by atoms with Gasteiger partial charge in [-0.2, -0.15) is 4.31 Å². The summed E-state index contributed by atoms with van der Waals surface area (Å²) in [6.45, 7) is -0.451. The van der Waals surface area contributed by atoms with E-state index in [2.05, 4.69) is 0 Å². The minimum atomic E-state index is -4.04. The molecule has 184 valence electrons. The summed E-state index contributed by atoms with van der Waals surface area (Å²) < 4.78 is 74.5. The Hall–Kier alpha value is -3.41. The average molecular weight is 507 g/mol. The van der Waals surface area contributed by atoms with Crippen LogP contribution in [0.1, 0.15) is 11.1 Å². The number of hydrogen-bond donors (Lipinski definition) is 2. The third-order valence-corrected chi connectivity index (χ3v) is 7.53. The van der Waals surface area contributed by atoms with E-state index in [1.165, 1.54) is 36.4 Å². The van der Waals surface area contributed by atoms with Crippen LogP contribution in [0, 0.1) is 17.5 Å². The maximum Gasteiger partial charge on any atom is 0.320 e. The van der Waals surface area contributed by atoms with E-state index in [1.807, 2.05) is 0 Å². The fraction of sp³-hybridized carbons (Fsp3) is 0.208. The number of ether oxygens (including phenoxy) is 1. The van der Waals surface area contributed by atoms with Gasteiger partial charge in [-0.15, -0.1) is 0 Å². The van der Waals surface area contributed by atoms with Gasteiger partial charge in [-0.3, -0.25) is 4.79 Å². The summed E-state index contributed by atoms with van der Waals surface area (Å²) in [4.78, 5) is 11.0. The quantitative estimate of drug-likeness (QED) is 0.486. The van der Waals surface area contributed by atoms with Crippen molar-refractivity contribution in [2.75, 3.05) is 13.1 Å². The van der Waals surface area contributed by atoms with E-state index < -0.39 is 45.1 Å². The molecular formula is C24H21F3N2O5S. The van der Waals surface area contributed by atoms with Crippen LogP contribution in [-0.2, 0) is 26.8 Å². The summed E-state index contributed by atoms with van der Waals surface area (Å²) in [5.74, 6) is -3.67. The molecule has 1 saturated heterocycles. The molecule has 0 bridgehead atoms. The van der Waals surface area contributed by atoms with Crippen molar-refractivity contribution in [3.63, 3.8) is 0 Å². The van der Waals surface area contributed by atoms with Crippen molar-refractivity contribution in [3.8, 4) is 5.75 Å². The normalized spacial score (nSPS) is 16.3. The van der Waals surface area contributed by atoms with Gasteiger partial charge < -0.3 is 15.6 Å². The molecule has 0 spiro atoms. The standard InChI is InChI=1S/C24H21F3N2O5S/c25-17-5-7-18(8-6-17)34-24(16-4-9-20(26)21(27)12-16)13-29(14-24)35(32,33)19-3-1-2-15(10-19)11-22(28)23(30)31/h1-10,12,22H,11,13-14,28H2,(H,30,31)/t22-/m0/s1. The number of carboxylic acid groups (broad SMARTS) is 1. The molecule has 11 heteroatoms. The van der Waals surface area contributed by atoms with E-state index >= 15 is 0 Å². The Balaban J connectivity index is 1.62. The topological polar surface area (TPSA) is 110 Å². The number of halogens is 3. The second kappa shape index (κ2) is 9.33. The van der Waals surface area contributed by atoms with E-state index in [0.717, 1.165) is 28.6 Å². The van der Waals surface area contributed by atoms with Gasteiger partial charge in [0.2, 0.25) is 10.0 Å². The van der Waals surface area contributed by atoms with Gasteiger partial charge in [0.1, 0.15) is 17.6 Å². The number of carboxylic acids is 1. The lowest BCUT2D eigenvalue weighted by Crippen LogP contribution is -2.64. The molecule has 1 atom stereocenters. The Kier molecular flexibility index (Phi) is 6.58. The first-order valence-electron chi connectivity index (χ1n) is 10.5. The van der Waals surface area contributed by atoms with Crippen LogP contribution in [0.5, 0.6) is 5.75 Å². The van der Waals surface area contributed by atoms with Gasteiger partial charge in [0.15, 0.2) is 17.2 Å². The van der Waals surface area contributed by atoms with Gasteiger partial charge in [-0.25, -0.2) is 21.6 Å². The molecule has 0 amide bonds. The fourth-order valence-corrected chi connectivity index (χ4v) is 5.44. The molecule has 0 aromatic heterocycles. The van der Waals surface area contributed by atoms with Crippen LogP contribution in [0.15, 0.2) is 71.6 Å². The van der Waals surface area contributed by atoms with Crippen molar-refractivity contribution >= 4 is 16.0 Å². The van der Waals surface area contributed by atoms with Crippen LogP contribution in [0.2, 0.25) is 0 Å². The first-order valence-corrected chi connectivity index (χ1v) is 11.9. The molecule has 3 aromatic carbocycles. The van der Waals surface area contributed by atoms with E-state index in [-0.39, 0.29) is 35.7 Å². The first kappa shape index (κ1) is 24.7. The van der Waals surface area contributed by atoms with Gasteiger partial charge in [-0.05, 0) is 60.5 Å². The molecule has 1 aliphatic heterocycles. The fourth-order valence-electron chi connectivity index (χ4n) is 3.83. The highest BCUT2D eigenvalue weighted by Crippen LogP contribution is 2.40. The molecule has 4 rings (SSSR count). The Morgan fingerprint density at radius 3 is 2.34 bits per heavy atom. The Labute approximate surface area is 199 Å². The predicted octanol–water partition coefficient (Wildman–Crippen LogP) is 3.04. The number of rotatable bonds is 8. The minimum Gasteiger partial charge on any atom is -0.480 e. The number of carbonyl (C=O) groups is 1. The minimum absolute atomic E-state index is 0.0643. The van der Waals surface area contributed by atoms with Crippen molar-refractivity contribution in [3.05, 3.63) is 95.3 Å². The summed E-state index contributed by atoms with van der Waals surface area (Å²) in [5, 5.41) is 9.01. The first-order chi connectivity index (χ1) is 16.5. The van der Waals surface area contributed by atoms with Crippen molar-refractivity contribution in [2.24, 2.45) is 5.73 Å². The Bertz CT molecular complexity index is 1360. The number of sulfonamides is 1. The van der Waals surface area contributed by atoms with Gasteiger partial charge in [0.25, 0.3) is 0 Å². The molecule has 3 N–H and O–H groups in total. The molecule has 35 heavy (non-hydrogen) atoms. The summed E-state index contributed by atoms with van der Waals surface area (Å²) in [6.07, 6.45) is -0.0643. The number of benzene rings is 3. The van der Waals surface area contributed by atoms with Crippen molar-refractivity contribution in [1.82, 2.24) is 4.31 Å². The lowest BCUT2D eigenvalue weighted by atomic mass is 9.87. The number of nitrogens with zero attached hydrogens (tertiary/aromatic N) is 1. The zero-order valence-electron chi connectivity index (χ0n) is 18.2. The zero-order valence-corrected chi connectivity index (χ0v) is 19.0. The Morgan fingerprint density at radius 2 is 1.71 bits per heavy atom. The number of hydrogen-bond acceptors (Lipinski definition) is 5. The van der Waals surface area contributed by atoms with Crippen molar-refractivity contribution in [2.45, 2.75) is 23.0 Å². The van der Waals surface area contributed by atoms with Crippen LogP contribution >= 0.6 is 0 Å². The lowest BCUT2D eigenvalue weighted by Gasteiger charge is -2.48. The zero-order chi connectivity index (χ0) is 25.4. The van der Waals surface area contributed by atoms with Crippen LogP contribution in [0.4, 0.5) is 13.2 Å². The van der Waals surface area contributed by atoms with E-state index in [0.29, 0.717) is 5.56 Å². The molecule has 0 radical (unpaired) electrons. The van der Waals surface area contributed by atoms with Gasteiger partial charge >= 0.3 is 5.97 Å². The van der Waals surface area contributed by atoms with Crippen molar-refractivity contribution in [1.29, 1.82) is 0 Å². The monoisotopic (exact) mass is 506 g/mol. The highest BCUT2D eigenvalue weighted by atomic mass is 32.2. The molecule has 7 nitrogen and oxygen atoms in total. The van der Waals surface area contributed by atoms with E-state index in [4.69, 9.17) is 15.6 Å². The molecule has 0 unspecified atom stereocenters. The second-order valence-corrected chi connectivity index (χ2v) is 10.2. The number of aliphatic carboxylic acids is 1. The van der Waals surface area contributed by atoms with Crippen LogP contribution < -0.4 is 10.5 Å². The van der Waals surface area contributed by atoms with Crippen LogP contribution in [0.3, 0.4) is 0 Å². The molecule has 0 aliphatic carbocycles. The maximum atomic E-state index is 14.0. The number of nitrogens with two attached hydrogens (primary N) is 1. The summed E-state index contributed by atoms with van der Waals surface area (Å²) in [7, 11) is -4.04. The smallest absolute Gasteiger partial charge is 0.320 e. The summed E-state index contributed by atoms with van der Waals surface area (Å²) in [6, 6.07) is 12.8. The van der Waals surface area contributed by atoms with Gasteiger partial charge in [0.05, 0.1) is 18.0 Å². The molecule has 1 fully saturated rings. The molecule has 0 saturated carbocycles. The third kappa shape index (κ3) is 5.02. The average Bonchev–Trinajstić information content (AvgIpc) is 2.79. The van der Waals surface area contributed by atoms with Gasteiger partial charge in [-0.1, -0.05) is 18.2 Å². The molecular weight excluding hydrogens is 485 g/mol. The van der Waals surface area contributed by atoms with Crippen LogP contribution in [-0.4, -0.2) is 42.9 Å². The summed E-state index contributed by atoms with van der Waals surface area (Å²) in [5.41, 5.74) is 4.85. The third-order valence-electron chi connectivity index (χ3n) is 5.75. The Morgan fingerprint density at radius 1 is 1.03 bits per heavy atom.